The number of rotatable bonds is 4. The highest BCUT2D eigenvalue weighted by Crippen LogP contribution is 2.31. The zero-order chi connectivity index (χ0) is 14.5. The van der Waals surface area contributed by atoms with Gasteiger partial charge in [0.15, 0.2) is 0 Å². The molecule has 1 heterocycles. The molecule has 1 saturated carbocycles. The number of hydrogen-bond donors (Lipinski definition) is 1. The Kier molecular flexibility index (Phi) is 5.02. The summed E-state index contributed by atoms with van der Waals surface area (Å²) >= 11 is 0. The minimum Gasteiger partial charge on any atom is -0.491 e. The highest BCUT2D eigenvalue weighted by molar-refractivity contribution is 5.59. The normalized spacial score (nSPS) is 21.3. The van der Waals surface area contributed by atoms with Gasteiger partial charge in [-0.3, -0.25) is 0 Å². The van der Waals surface area contributed by atoms with Crippen molar-refractivity contribution < 1.29 is 4.74 Å². The van der Waals surface area contributed by atoms with E-state index in [1.165, 1.54) is 37.8 Å². The maximum absolute atomic E-state index is 5.86. The second-order valence-electron chi connectivity index (χ2n) is 6.46. The van der Waals surface area contributed by atoms with Crippen molar-refractivity contribution in [3.05, 3.63) is 24.3 Å². The molecule has 1 aromatic rings. The third-order valence-corrected chi connectivity index (χ3v) is 4.81. The predicted octanol–water partition coefficient (Wildman–Crippen LogP) is 3.59. The molecule has 0 amide bonds. The second kappa shape index (κ2) is 7.17. The molecule has 21 heavy (non-hydrogen) atoms. The lowest BCUT2D eigenvalue weighted by Crippen LogP contribution is -2.44. The molecule has 0 saturated heterocycles. The van der Waals surface area contributed by atoms with E-state index in [9.17, 15) is 0 Å². The Morgan fingerprint density at radius 3 is 2.86 bits per heavy atom. The van der Waals surface area contributed by atoms with Gasteiger partial charge in [-0.2, -0.15) is 0 Å². The van der Waals surface area contributed by atoms with Gasteiger partial charge in [0.25, 0.3) is 0 Å². The second-order valence-corrected chi connectivity index (χ2v) is 6.46. The first-order chi connectivity index (χ1) is 10.3. The molecular formula is C18H28N2O. The molecule has 1 aliphatic carbocycles. The van der Waals surface area contributed by atoms with E-state index in [1.807, 2.05) is 0 Å². The Morgan fingerprint density at radius 1 is 1.19 bits per heavy atom. The van der Waals surface area contributed by atoms with Crippen molar-refractivity contribution in [3.63, 3.8) is 0 Å². The van der Waals surface area contributed by atoms with E-state index in [0.29, 0.717) is 6.04 Å². The number of anilines is 1. The number of benzene rings is 1. The summed E-state index contributed by atoms with van der Waals surface area (Å²) in [7, 11) is 0. The lowest BCUT2D eigenvalue weighted by atomic mass is 9.95. The SMILES string of the molecule is CC(CNC1CCCCC1)N1CCCOc2ccccc21. The average Bonchev–Trinajstić information content (AvgIpc) is 2.76. The predicted molar refractivity (Wildman–Crippen MR) is 88.2 cm³/mol. The molecule has 0 bridgehead atoms. The van der Waals surface area contributed by atoms with E-state index < -0.39 is 0 Å². The van der Waals surface area contributed by atoms with Crippen molar-refractivity contribution in [1.82, 2.24) is 5.32 Å². The number of nitrogens with zero attached hydrogens (tertiary/aromatic N) is 1. The van der Waals surface area contributed by atoms with Crippen LogP contribution in [0.5, 0.6) is 5.75 Å². The van der Waals surface area contributed by atoms with Gasteiger partial charge in [-0.05, 0) is 38.3 Å². The molecule has 3 heteroatoms. The molecule has 1 aliphatic heterocycles. The van der Waals surface area contributed by atoms with Crippen LogP contribution in [0.25, 0.3) is 0 Å². The van der Waals surface area contributed by atoms with Crippen LogP contribution >= 0.6 is 0 Å². The standard InChI is InChI=1S/C18H28N2O/c1-15(14-19-16-8-3-2-4-9-16)20-12-7-13-21-18-11-6-5-10-17(18)20/h5-6,10-11,15-16,19H,2-4,7-9,12-14H2,1H3. The first-order valence-electron chi connectivity index (χ1n) is 8.56. The summed E-state index contributed by atoms with van der Waals surface area (Å²) in [6.07, 6.45) is 8.02. The lowest BCUT2D eigenvalue weighted by Gasteiger charge is -2.33. The van der Waals surface area contributed by atoms with Crippen molar-refractivity contribution in [2.45, 2.75) is 57.5 Å². The summed E-state index contributed by atoms with van der Waals surface area (Å²) < 4.78 is 5.86. The van der Waals surface area contributed by atoms with Gasteiger partial charge in [-0.25, -0.2) is 0 Å². The van der Waals surface area contributed by atoms with E-state index in [2.05, 4.69) is 41.4 Å². The summed E-state index contributed by atoms with van der Waals surface area (Å²) in [6.45, 7) is 5.32. The van der Waals surface area contributed by atoms with Gasteiger partial charge in [0.05, 0.1) is 12.3 Å². The summed E-state index contributed by atoms with van der Waals surface area (Å²) in [5.41, 5.74) is 1.26. The maximum Gasteiger partial charge on any atom is 0.142 e. The van der Waals surface area contributed by atoms with Gasteiger partial charge in [0.2, 0.25) is 0 Å². The fraction of sp³-hybridized carbons (Fsp3) is 0.667. The highest BCUT2D eigenvalue weighted by atomic mass is 16.5. The molecule has 1 unspecified atom stereocenters. The first-order valence-corrected chi connectivity index (χ1v) is 8.56. The zero-order valence-electron chi connectivity index (χ0n) is 13.2. The molecule has 0 spiro atoms. The van der Waals surface area contributed by atoms with Gasteiger partial charge < -0.3 is 15.0 Å². The Balaban J connectivity index is 1.62. The van der Waals surface area contributed by atoms with Gasteiger partial charge in [-0.15, -0.1) is 0 Å². The maximum atomic E-state index is 5.86. The van der Waals surface area contributed by atoms with Crippen LogP contribution in [0, 0.1) is 0 Å². The molecule has 3 rings (SSSR count). The van der Waals surface area contributed by atoms with Gasteiger partial charge in [-0.1, -0.05) is 31.4 Å². The van der Waals surface area contributed by atoms with E-state index in [0.717, 1.165) is 37.9 Å². The molecule has 116 valence electrons. The molecule has 0 radical (unpaired) electrons. The van der Waals surface area contributed by atoms with Crippen LogP contribution in [0.15, 0.2) is 24.3 Å². The largest absolute Gasteiger partial charge is 0.491 e. The smallest absolute Gasteiger partial charge is 0.142 e. The Bertz CT molecular complexity index is 443. The molecular weight excluding hydrogens is 260 g/mol. The third-order valence-electron chi connectivity index (χ3n) is 4.81. The summed E-state index contributed by atoms with van der Waals surface area (Å²) in [5, 5.41) is 3.79. The van der Waals surface area contributed by atoms with Crippen LogP contribution in [0.4, 0.5) is 5.69 Å². The zero-order valence-corrected chi connectivity index (χ0v) is 13.2. The number of ether oxygens (including phenoxy) is 1. The van der Waals surface area contributed by atoms with Crippen molar-refractivity contribution in [1.29, 1.82) is 0 Å². The Hall–Kier alpha value is -1.22. The third kappa shape index (κ3) is 3.70. The highest BCUT2D eigenvalue weighted by Gasteiger charge is 2.21. The Labute approximate surface area is 128 Å². The fourth-order valence-electron chi connectivity index (χ4n) is 3.57. The van der Waals surface area contributed by atoms with Crippen LogP contribution in [0.1, 0.15) is 45.4 Å². The minimum atomic E-state index is 0.509. The Morgan fingerprint density at radius 2 is 2.00 bits per heavy atom. The quantitative estimate of drug-likeness (QED) is 0.916. The van der Waals surface area contributed by atoms with E-state index in [4.69, 9.17) is 4.74 Å². The van der Waals surface area contributed by atoms with Crippen LogP contribution in [-0.2, 0) is 0 Å². The van der Waals surface area contributed by atoms with E-state index >= 15 is 0 Å². The number of fused-ring (bicyclic) bond motifs is 1. The van der Waals surface area contributed by atoms with Gasteiger partial charge in [0.1, 0.15) is 5.75 Å². The van der Waals surface area contributed by atoms with Crippen molar-refractivity contribution >= 4 is 5.69 Å². The summed E-state index contributed by atoms with van der Waals surface area (Å²) in [6, 6.07) is 9.70. The molecule has 1 aromatic carbocycles. The average molecular weight is 288 g/mol. The van der Waals surface area contributed by atoms with Crippen LogP contribution < -0.4 is 15.0 Å². The number of nitrogens with one attached hydrogen (secondary N) is 1. The first kappa shape index (κ1) is 14.7. The van der Waals surface area contributed by atoms with Gasteiger partial charge in [0, 0.05) is 25.2 Å². The molecule has 1 atom stereocenters. The minimum absolute atomic E-state index is 0.509. The molecule has 3 nitrogen and oxygen atoms in total. The van der Waals surface area contributed by atoms with Crippen LogP contribution in [-0.4, -0.2) is 31.8 Å². The monoisotopic (exact) mass is 288 g/mol. The summed E-state index contributed by atoms with van der Waals surface area (Å²) in [5.74, 6) is 1.04. The topological polar surface area (TPSA) is 24.5 Å². The van der Waals surface area contributed by atoms with E-state index in [-0.39, 0.29) is 0 Å². The van der Waals surface area contributed by atoms with Crippen molar-refractivity contribution in [3.8, 4) is 5.75 Å². The van der Waals surface area contributed by atoms with Crippen LogP contribution in [0.3, 0.4) is 0 Å². The molecule has 1 fully saturated rings. The molecule has 0 aromatic heterocycles. The fourth-order valence-corrected chi connectivity index (χ4v) is 3.57. The number of hydrogen-bond acceptors (Lipinski definition) is 3. The lowest BCUT2D eigenvalue weighted by molar-refractivity contribution is 0.322. The molecule has 1 N–H and O–H groups in total. The van der Waals surface area contributed by atoms with E-state index in [1.54, 1.807) is 0 Å². The summed E-state index contributed by atoms with van der Waals surface area (Å²) in [4.78, 5) is 2.51. The van der Waals surface area contributed by atoms with Crippen molar-refractivity contribution in [2.24, 2.45) is 0 Å². The number of para-hydroxylation sites is 2. The van der Waals surface area contributed by atoms with Gasteiger partial charge >= 0.3 is 0 Å². The van der Waals surface area contributed by atoms with Crippen LogP contribution in [0.2, 0.25) is 0 Å². The van der Waals surface area contributed by atoms with Crippen molar-refractivity contribution in [2.75, 3.05) is 24.6 Å². The molecule has 2 aliphatic rings.